The van der Waals surface area contributed by atoms with E-state index in [-0.39, 0.29) is 0 Å². The molecule has 8 heavy (non-hydrogen) atoms. The Morgan fingerprint density at radius 3 is 2.25 bits per heavy atom. The third-order valence-corrected chi connectivity index (χ3v) is 8.55. The first-order valence-corrected chi connectivity index (χ1v) is 11.6. The molecule has 0 aliphatic heterocycles. The highest BCUT2D eigenvalue weighted by Gasteiger charge is 2.12. The minimum Gasteiger partial charge on any atom is -0.191 e. The van der Waals surface area contributed by atoms with Crippen molar-refractivity contribution in [2.45, 2.75) is 31.9 Å². The Labute approximate surface area is 61.5 Å². The fraction of sp³-hybridized carbons (Fsp3) is 1.00. The fourth-order valence-electron chi connectivity index (χ4n) is 0.493. The van der Waals surface area contributed by atoms with Gasteiger partial charge in [0.2, 0.25) is 0 Å². The molecule has 0 atom stereocenters. The molecule has 0 aliphatic carbocycles. The molecule has 0 aromatic rings. The van der Waals surface area contributed by atoms with Crippen molar-refractivity contribution in [3.05, 3.63) is 0 Å². The molecule has 0 rings (SSSR count). The van der Waals surface area contributed by atoms with E-state index in [1.54, 1.807) is 0 Å². The lowest BCUT2D eigenvalue weighted by atomic mass is 10.1. The molecule has 0 spiro atoms. The second-order valence-corrected chi connectivity index (χ2v) is 12.3. The molecule has 0 aliphatic rings. The highest BCUT2D eigenvalue weighted by molar-refractivity contribution is 8.27. The van der Waals surface area contributed by atoms with Crippen LogP contribution in [-0.4, -0.2) is 22.7 Å². The van der Waals surface area contributed by atoms with Crippen LogP contribution in [0, 0.1) is 0 Å². The summed E-state index contributed by atoms with van der Waals surface area (Å²) in [5.41, 5.74) is 0. The van der Waals surface area contributed by atoms with E-state index < -0.39 is 0 Å². The topological polar surface area (TPSA) is 0 Å². The third kappa shape index (κ3) is 3.75. The van der Waals surface area contributed by atoms with Crippen LogP contribution >= 0.6 is 11.2 Å². The zero-order valence-corrected chi connectivity index (χ0v) is 10.6. The van der Waals surface area contributed by atoms with E-state index in [0.717, 1.165) is 0 Å². The molecule has 0 bridgehead atoms. The Morgan fingerprint density at radius 2 is 2.12 bits per heavy atom. The summed E-state index contributed by atoms with van der Waals surface area (Å²) in [5, 5.41) is 0. The van der Waals surface area contributed by atoms with E-state index in [9.17, 15) is 0 Å². The van der Waals surface area contributed by atoms with Crippen molar-refractivity contribution in [3.8, 4) is 0 Å². The van der Waals surface area contributed by atoms with Crippen molar-refractivity contribution in [1.29, 1.82) is 0 Å². The van der Waals surface area contributed by atoms with E-state index in [1.165, 1.54) is 16.2 Å². The van der Waals surface area contributed by atoms with Gasteiger partial charge in [0.05, 0.1) is 8.19 Å². The lowest BCUT2D eigenvalue weighted by Gasteiger charge is -2.20. The van der Waals surface area contributed by atoms with Gasteiger partial charge >= 0.3 is 0 Å². The Kier molecular flexibility index (Phi) is 4.11. The molecule has 0 aromatic heterocycles. The zero-order chi connectivity index (χ0) is 6.62. The van der Waals surface area contributed by atoms with Gasteiger partial charge in [0.25, 0.3) is 0 Å². The molecule has 50 valence electrons. The smallest absolute Gasteiger partial charge is 0.0684 e. The van der Waals surface area contributed by atoms with Gasteiger partial charge in [-0.1, -0.05) is 20.8 Å². The van der Waals surface area contributed by atoms with Gasteiger partial charge in [-0.05, 0) is 6.42 Å². The fourth-order valence-corrected chi connectivity index (χ4v) is 11.5. The van der Waals surface area contributed by atoms with Gasteiger partial charge in [-0.15, -0.1) is 0 Å². The maximum Gasteiger partial charge on any atom is 0.0684 e. The summed E-state index contributed by atoms with van der Waals surface area (Å²) in [6.45, 7) is 6.98. The van der Waals surface area contributed by atoms with Gasteiger partial charge in [0.1, 0.15) is 0 Å². The van der Waals surface area contributed by atoms with Crippen molar-refractivity contribution in [2.75, 3.05) is 0 Å². The van der Waals surface area contributed by atoms with E-state index in [0.29, 0.717) is 12.9 Å². The van der Waals surface area contributed by atoms with Crippen LogP contribution in [0.4, 0.5) is 0 Å². The van der Waals surface area contributed by atoms with Gasteiger partial charge in [-0.25, -0.2) is 0 Å². The first-order valence-electron chi connectivity index (χ1n) is 3.26. The summed E-state index contributed by atoms with van der Waals surface area (Å²) in [5.74, 6) is 0. The van der Waals surface area contributed by atoms with E-state index in [4.69, 9.17) is 0 Å². The van der Waals surface area contributed by atoms with Crippen molar-refractivity contribution < 1.29 is 0 Å². The SMILES string of the molecule is CCC(C)(C)S[SiH2][SiH3]. The van der Waals surface area contributed by atoms with Crippen molar-refractivity contribution in [2.24, 2.45) is 0 Å². The summed E-state index contributed by atoms with van der Waals surface area (Å²) in [6.07, 6.45) is 1.33. The highest BCUT2D eigenvalue weighted by atomic mass is 32.4. The predicted octanol–water partition coefficient (Wildman–Crippen LogP) is 0.272. The monoisotopic (exact) mass is 164 g/mol. The van der Waals surface area contributed by atoms with Gasteiger partial charge in [-0.3, -0.25) is 0 Å². The highest BCUT2D eigenvalue weighted by Crippen LogP contribution is 2.24. The summed E-state index contributed by atoms with van der Waals surface area (Å²) < 4.78 is 0.605. The Morgan fingerprint density at radius 1 is 1.62 bits per heavy atom. The Balaban J connectivity index is 3.37. The van der Waals surface area contributed by atoms with Gasteiger partial charge in [-0.2, -0.15) is 11.2 Å². The van der Waals surface area contributed by atoms with Gasteiger partial charge in [0.15, 0.2) is 0 Å². The quantitative estimate of drug-likeness (QED) is 0.540. The van der Waals surface area contributed by atoms with Crippen LogP contribution in [0.15, 0.2) is 0 Å². The first kappa shape index (κ1) is 8.78. The van der Waals surface area contributed by atoms with Crippen molar-refractivity contribution in [3.63, 3.8) is 0 Å². The minimum atomic E-state index is 0.354. The molecule has 0 unspecified atom stereocenters. The lowest BCUT2D eigenvalue weighted by Crippen LogP contribution is -2.14. The molecule has 0 N–H and O–H groups in total. The van der Waals surface area contributed by atoms with Crippen LogP contribution in [0.1, 0.15) is 27.2 Å². The summed E-state index contributed by atoms with van der Waals surface area (Å²) in [7, 11) is 1.83. The molecule has 0 fully saturated rings. The van der Waals surface area contributed by atoms with Crippen LogP contribution in [-0.2, 0) is 0 Å². The van der Waals surface area contributed by atoms with Crippen LogP contribution in [0.3, 0.4) is 0 Å². The van der Waals surface area contributed by atoms with Crippen LogP contribution in [0.25, 0.3) is 0 Å². The average Bonchev–Trinajstić information content (AvgIpc) is 1.67. The molecule has 0 radical (unpaired) electrons. The Hall–Kier alpha value is 0.784. The molecule has 0 saturated carbocycles. The van der Waals surface area contributed by atoms with Crippen LogP contribution in [0.2, 0.25) is 0 Å². The summed E-state index contributed by atoms with van der Waals surface area (Å²) in [6, 6.07) is 0. The molecule has 0 aromatic carbocycles. The number of hydrogen-bond donors (Lipinski definition) is 0. The van der Waals surface area contributed by atoms with E-state index in [2.05, 4.69) is 32.0 Å². The maximum atomic E-state index is 2.35. The number of hydrogen-bond acceptors (Lipinski definition) is 1. The molecular formula is C5H16SSi2. The maximum absolute atomic E-state index is 2.35. The van der Waals surface area contributed by atoms with Crippen LogP contribution < -0.4 is 0 Å². The second kappa shape index (κ2) is 3.74. The Bertz CT molecular complexity index is 63.4. The minimum absolute atomic E-state index is 0.354. The largest absolute Gasteiger partial charge is 0.191 e. The molecule has 0 heterocycles. The lowest BCUT2D eigenvalue weighted by molar-refractivity contribution is 0.689. The van der Waals surface area contributed by atoms with Crippen LogP contribution in [0.5, 0.6) is 0 Å². The van der Waals surface area contributed by atoms with Crippen molar-refractivity contribution >= 4 is 29.2 Å². The normalized spacial score (nSPS) is 13.9. The zero-order valence-electron chi connectivity index (χ0n) is 6.32. The average molecular weight is 164 g/mol. The predicted molar refractivity (Wildman–Crippen MR) is 50.4 cm³/mol. The summed E-state index contributed by atoms with van der Waals surface area (Å²) in [4.78, 5) is 0. The van der Waals surface area contributed by atoms with Gasteiger partial charge in [0, 0.05) is 14.5 Å². The first-order chi connectivity index (χ1) is 3.62. The van der Waals surface area contributed by atoms with E-state index in [1.807, 2.05) is 0 Å². The number of rotatable bonds is 3. The second-order valence-electron chi connectivity index (χ2n) is 2.55. The molecule has 0 nitrogen and oxygen atoms in total. The third-order valence-electron chi connectivity index (χ3n) is 1.39. The van der Waals surface area contributed by atoms with Crippen molar-refractivity contribution in [1.82, 2.24) is 0 Å². The molecule has 3 heteroatoms. The standard InChI is InChI=1S/C5H16SSi2/c1-4-5(2,3)6-8-7/h4,8H2,1-3,7H3. The van der Waals surface area contributed by atoms with E-state index >= 15 is 0 Å². The van der Waals surface area contributed by atoms with Gasteiger partial charge < -0.3 is 0 Å². The summed E-state index contributed by atoms with van der Waals surface area (Å²) >= 11 is 2.23. The molecular weight excluding hydrogens is 148 g/mol. The molecule has 0 amide bonds. The molecule has 0 saturated heterocycles.